The van der Waals surface area contributed by atoms with Crippen molar-refractivity contribution >= 4 is 35.8 Å². The summed E-state index contributed by atoms with van der Waals surface area (Å²) < 4.78 is 5.83. The van der Waals surface area contributed by atoms with E-state index < -0.39 is 0 Å². The van der Waals surface area contributed by atoms with Gasteiger partial charge in [0.05, 0.1) is 18.8 Å². The van der Waals surface area contributed by atoms with Crippen molar-refractivity contribution in [2.75, 3.05) is 45.8 Å². The highest BCUT2D eigenvalue weighted by atomic mass is 127. The predicted octanol–water partition coefficient (Wildman–Crippen LogP) is 2.54. The molecule has 2 aliphatic heterocycles. The van der Waals surface area contributed by atoms with E-state index in [2.05, 4.69) is 60.2 Å². The Kier molecular flexibility index (Phi) is 10.5. The van der Waals surface area contributed by atoms with E-state index >= 15 is 0 Å². The molecule has 1 amide bonds. The fourth-order valence-corrected chi connectivity index (χ4v) is 4.25. The second kappa shape index (κ2) is 12.6. The van der Waals surface area contributed by atoms with Crippen LogP contribution < -0.4 is 5.32 Å². The number of nitrogens with zero attached hydrogens (tertiary/aromatic N) is 4. The second-order valence-corrected chi connectivity index (χ2v) is 8.43. The number of rotatable bonds is 5. The van der Waals surface area contributed by atoms with Crippen molar-refractivity contribution in [3.05, 3.63) is 35.4 Å². The highest BCUT2D eigenvalue weighted by molar-refractivity contribution is 14.0. The van der Waals surface area contributed by atoms with E-state index in [0.717, 1.165) is 58.3 Å². The van der Waals surface area contributed by atoms with Gasteiger partial charge in [-0.05, 0) is 31.9 Å². The molecule has 1 N–H and O–H groups in total. The summed E-state index contributed by atoms with van der Waals surface area (Å²) in [6.07, 6.45) is 0.591. The number of carbonyl (C=O) groups is 1. The summed E-state index contributed by atoms with van der Waals surface area (Å²) in [4.78, 5) is 23.0. The Morgan fingerprint density at radius 3 is 2.13 bits per heavy atom. The molecular weight excluding hydrogens is 505 g/mol. The van der Waals surface area contributed by atoms with Crippen molar-refractivity contribution in [1.29, 1.82) is 0 Å². The summed E-state index contributed by atoms with van der Waals surface area (Å²) in [7, 11) is 0. The third-order valence-electron chi connectivity index (χ3n) is 5.70. The molecule has 0 aliphatic carbocycles. The number of guanidine groups is 1. The van der Waals surface area contributed by atoms with Gasteiger partial charge in [0.15, 0.2) is 5.96 Å². The lowest BCUT2D eigenvalue weighted by Crippen LogP contribution is -2.53. The van der Waals surface area contributed by atoms with Crippen LogP contribution in [0.25, 0.3) is 0 Å². The van der Waals surface area contributed by atoms with Crippen molar-refractivity contribution in [3.8, 4) is 0 Å². The van der Waals surface area contributed by atoms with Crippen LogP contribution in [0.3, 0.4) is 0 Å². The Morgan fingerprint density at radius 2 is 1.58 bits per heavy atom. The molecule has 1 aromatic rings. The molecule has 31 heavy (non-hydrogen) atoms. The number of hydrogen-bond acceptors (Lipinski definition) is 4. The summed E-state index contributed by atoms with van der Waals surface area (Å²) in [5.74, 6) is 1.08. The van der Waals surface area contributed by atoms with Crippen molar-refractivity contribution in [1.82, 2.24) is 20.0 Å². The third-order valence-corrected chi connectivity index (χ3v) is 5.70. The largest absolute Gasteiger partial charge is 0.373 e. The Balaban J connectivity index is 0.00000341. The molecule has 7 nitrogen and oxygen atoms in total. The molecule has 1 aromatic carbocycles. The summed E-state index contributed by atoms with van der Waals surface area (Å²) in [6.45, 7) is 15.6. The van der Waals surface area contributed by atoms with Crippen LogP contribution in [0, 0.1) is 0 Å². The highest BCUT2D eigenvalue weighted by Gasteiger charge is 2.22. The number of amides is 1. The Labute approximate surface area is 204 Å². The molecule has 8 heteroatoms. The van der Waals surface area contributed by atoms with Crippen LogP contribution in [0.2, 0.25) is 0 Å². The normalized spacial score (nSPS) is 22.8. The van der Waals surface area contributed by atoms with E-state index in [9.17, 15) is 4.79 Å². The summed E-state index contributed by atoms with van der Waals surface area (Å²) in [5, 5.41) is 3.39. The molecule has 0 bridgehead atoms. The van der Waals surface area contributed by atoms with E-state index in [1.165, 1.54) is 11.1 Å². The maximum Gasteiger partial charge on any atom is 0.219 e. The van der Waals surface area contributed by atoms with Gasteiger partial charge in [-0.25, -0.2) is 4.99 Å². The average molecular weight is 543 g/mol. The zero-order chi connectivity index (χ0) is 21.5. The first-order chi connectivity index (χ1) is 14.4. The first-order valence-electron chi connectivity index (χ1n) is 11.2. The lowest BCUT2D eigenvalue weighted by Gasteiger charge is -2.36. The van der Waals surface area contributed by atoms with Gasteiger partial charge in [0.1, 0.15) is 0 Å². The number of nitrogens with one attached hydrogen (secondary N) is 1. The van der Waals surface area contributed by atoms with E-state index in [1.807, 2.05) is 4.90 Å². The number of benzene rings is 1. The van der Waals surface area contributed by atoms with Gasteiger partial charge in [-0.2, -0.15) is 0 Å². The Hall–Kier alpha value is -1.39. The van der Waals surface area contributed by atoms with E-state index in [0.29, 0.717) is 18.8 Å². The lowest BCUT2D eigenvalue weighted by atomic mass is 10.1. The van der Waals surface area contributed by atoms with Crippen LogP contribution in [0.5, 0.6) is 0 Å². The van der Waals surface area contributed by atoms with Gasteiger partial charge in [-0.1, -0.05) is 24.3 Å². The maximum absolute atomic E-state index is 11.5. The number of hydrogen-bond donors (Lipinski definition) is 1. The summed E-state index contributed by atoms with van der Waals surface area (Å²) >= 11 is 0. The molecule has 2 atom stereocenters. The predicted molar refractivity (Wildman–Crippen MR) is 136 cm³/mol. The van der Waals surface area contributed by atoms with Gasteiger partial charge >= 0.3 is 0 Å². The molecule has 0 radical (unpaired) electrons. The third kappa shape index (κ3) is 7.91. The van der Waals surface area contributed by atoms with E-state index in [-0.39, 0.29) is 29.9 Å². The van der Waals surface area contributed by atoms with Gasteiger partial charge in [0, 0.05) is 59.3 Å². The Morgan fingerprint density at radius 1 is 1.03 bits per heavy atom. The molecular formula is C23H38IN5O2. The molecule has 174 valence electrons. The van der Waals surface area contributed by atoms with Crippen molar-refractivity contribution in [2.45, 2.75) is 53.0 Å². The molecule has 0 aromatic heterocycles. The van der Waals surface area contributed by atoms with Gasteiger partial charge in [0.25, 0.3) is 0 Å². The van der Waals surface area contributed by atoms with E-state index in [4.69, 9.17) is 9.73 Å². The molecule has 3 rings (SSSR count). The molecule has 0 saturated carbocycles. The second-order valence-electron chi connectivity index (χ2n) is 8.43. The molecule has 2 heterocycles. The average Bonchev–Trinajstić information content (AvgIpc) is 2.71. The topological polar surface area (TPSA) is 60.4 Å². The fourth-order valence-electron chi connectivity index (χ4n) is 4.25. The van der Waals surface area contributed by atoms with Crippen LogP contribution in [-0.2, 0) is 22.6 Å². The van der Waals surface area contributed by atoms with Gasteiger partial charge in [0.2, 0.25) is 5.91 Å². The van der Waals surface area contributed by atoms with Gasteiger partial charge in [-0.15, -0.1) is 24.0 Å². The summed E-state index contributed by atoms with van der Waals surface area (Å²) in [5.41, 5.74) is 2.54. The molecule has 2 fully saturated rings. The van der Waals surface area contributed by atoms with Crippen LogP contribution >= 0.6 is 24.0 Å². The fraction of sp³-hybridized carbons (Fsp3) is 0.652. The van der Waals surface area contributed by atoms with Crippen LogP contribution in [0.15, 0.2) is 29.3 Å². The van der Waals surface area contributed by atoms with E-state index in [1.54, 1.807) is 6.92 Å². The number of morpholine rings is 1. The first kappa shape index (κ1) is 25.9. The monoisotopic (exact) mass is 543 g/mol. The standard InChI is InChI=1S/C23H37N5O2.HI/c1-5-24-23(28-12-10-27(11-13-28)20(4)29)25-14-21-6-8-22(9-7-21)17-26-15-18(2)30-19(3)16-26;/h6-9,18-19H,5,10-17H2,1-4H3,(H,24,25);1H. The van der Waals surface area contributed by atoms with Crippen molar-refractivity contribution in [3.63, 3.8) is 0 Å². The minimum Gasteiger partial charge on any atom is -0.373 e. The molecule has 0 spiro atoms. The smallest absolute Gasteiger partial charge is 0.219 e. The van der Waals surface area contributed by atoms with Crippen LogP contribution in [-0.4, -0.2) is 84.6 Å². The van der Waals surface area contributed by atoms with Crippen LogP contribution in [0.4, 0.5) is 0 Å². The SMILES string of the molecule is CCNC(=NCc1ccc(CN2CC(C)OC(C)C2)cc1)N1CCN(C(C)=O)CC1.I. The van der Waals surface area contributed by atoms with Gasteiger partial charge < -0.3 is 19.9 Å². The number of piperazine rings is 1. The number of ether oxygens (including phenoxy) is 1. The van der Waals surface area contributed by atoms with Gasteiger partial charge in [-0.3, -0.25) is 9.69 Å². The zero-order valence-corrected chi connectivity index (χ0v) is 21.7. The maximum atomic E-state index is 11.5. The highest BCUT2D eigenvalue weighted by Crippen LogP contribution is 2.15. The summed E-state index contributed by atoms with van der Waals surface area (Å²) in [6, 6.07) is 8.80. The van der Waals surface area contributed by atoms with Crippen molar-refractivity contribution < 1.29 is 9.53 Å². The number of halogens is 1. The molecule has 2 aliphatic rings. The minimum absolute atomic E-state index is 0. The van der Waals surface area contributed by atoms with Crippen LogP contribution in [0.1, 0.15) is 38.8 Å². The molecule has 2 saturated heterocycles. The van der Waals surface area contributed by atoms with Crippen molar-refractivity contribution in [2.24, 2.45) is 4.99 Å². The quantitative estimate of drug-likeness (QED) is 0.352. The first-order valence-corrected chi connectivity index (χ1v) is 11.2. The number of carbonyl (C=O) groups excluding carboxylic acids is 1. The molecule has 2 unspecified atom stereocenters. The lowest BCUT2D eigenvalue weighted by molar-refractivity contribution is -0.130. The minimum atomic E-state index is 0. The number of aliphatic imine (C=N–C) groups is 1. The Bertz CT molecular complexity index is 709. The zero-order valence-electron chi connectivity index (χ0n) is 19.3.